The van der Waals surface area contributed by atoms with Crippen molar-refractivity contribution in [3.05, 3.63) is 5.20 Å². The van der Waals surface area contributed by atoms with Crippen LogP contribution in [0.15, 0.2) is 9.85 Å². The average Bonchev–Trinajstić information content (AvgIpc) is 2.14. The third kappa shape index (κ3) is 4.44. The molecule has 0 N–H and O–H groups in total. The molecule has 0 bridgehead atoms. The highest BCUT2D eigenvalue weighted by Gasteiger charge is 2.39. The van der Waals surface area contributed by atoms with Crippen LogP contribution in [0.4, 0.5) is 0 Å². The molecule has 19 heavy (non-hydrogen) atoms. The second kappa shape index (κ2) is 5.71. The van der Waals surface area contributed by atoms with E-state index in [2.05, 4.69) is 80.5 Å². The Bertz CT molecular complexity index is 373. The lowest BCUT2D eigenvalue weighted by Crippen LogP contribution is -2.40. The standard InChI is InChI=1S/C16H35NSi2/c1-12-14(18(8,9)15(2,3)4)13-17-19(10,11)16(5,6)7/h12H2,1-11H3. The second-order valence-electron chi connectivity index (χ2n) is 8.74. The van der Waals surface area contributed by atoms with E-state index in [1.165, 1.54) is 5.20 Å². The zero-order chi connectivity index (χ0) is 15.7. The molecule has 0 unspecified atom stereocenters. The van der Waals surface area contributed by atoms with Crippen LogP contribution in [0, 0.1) is 0 Å². The lowest BCUT2D eigenvalue weighted by atomic mass is 10.2. The van der Waals surface area contributed by atoms with Gasteiger partial charge in [0.05, 0.1) is 8.07 Å². The summed E-state index contributed by atoms with van der Waals surface area (Å²) < 4.78 is 4.96. The largest absolute Gasteiger partial charge is 0.283 e. The van der Waals surface area contributed by atoms with Crippen LogP contribution in [-0.2, 0) is 0 Å². The first-order chi connectivity index (χ1) is 8.17. The van der Waals surface area contributed by atoms with Gasteiger partial charge in [-0.2, -0.15) is 0 Å². The first-order valence-electron chi connectivity index (χ1n) is 7.51. The van der Waals surface area contributed by atoms with Gasteiger partial charge in [0.2, 0.25) is 0 Å². The van der Waals surface area contributed by atoms with Gasteiger partial charge in [0.25, 0.3) is 0 Å². The molecule has 0 atom stereocenters. The van der Waals surface area contributed by atoms with Crippen molar-refractivity contribution in [3.8, 4) is 0 Å². The highest BCUT2D eigenvalue weighted by molar-refractivity contribution is 6.88. The molecule has 3 heteroatoms. The molecule has 0 rings (SSSR count). The molecule has 0 aromatic rings. The predicted octanol–water partition coefficient (Wildman–Crippen LogP) is 6.05. The zero-order valence-electron chi connectivity index (χ0n) is 15.2. The van der Waals surface area contributed by atoms with Gasteiger partial charge in [-0.15, -0.1) is 0 Å². The van der Waals surface area contributed by atoms with Crippen LogP contribution >= 0.6 is 0 Å². The fraction of sp³-hybridized carbons (Fsp3) is 0.875. The van der Waals surface area contributed by atoms with Crippen LogP contribution in [0.5, 0.6) is 0 Å². The van der Waals surface area contributed by atoms with Crippen molar-refractivity contribution in [2.45, 2.75) is 91.2 Å². The molecule has 0 aliphatic heterocycles. The summed E-state index contributed by atoms with van der Waals surface area (Å²) in [5, 5.41) is 2.16. The van der Waals surface area contributed by atoms with Crippen molar-refractivity contribution in [3.63, 3.8) is 0 Å². The van der Waals surface area contributed by atoms with Gasteiger partial charge in [-0.05, 0) is 40.7 Å². The molecule has 0 saturated carbocycles. The van der Waals surface area contributed by atoms with E-state index in [4.69, 9.17) is 4.66 Å². The third-order valence-electron chi connectivity index (χ3n) is 5.29. The first kappa shape index (κ1) is 18.9. The summed E-state index contributed by atoms with van der Waals surface area (Å²) in [5.74, 6) is 3.53. The fourth-order valence-corrected chi connectivity index (χ4v) is 4.47. The Balaban J connectivity index is 5.70. The summed E-state index contributed by atoms with van der Waals surface area (Å²) in [6.45, 7) is 25.9. The molecule has 0 fully saturated rings. The Labute approximate surface area is 123 Å². The summed E-state index contributed by atoms with van der Waals surface area (Å²) in [7, 11) is -3.07. The van der Waals surface area contributed by atoms with Gasteiger partial charge in [-0.1, -0.05) is 61.6 Å². The average molecular weight is 298 g/mol. The smallest absolute Gasteiger partial charge is 0.192 e. The van der Waals surface area contributed by atoms with Crippen LogP contribution in [0.3, 0.4) is 0 Å². The van der Waals surface area contributed by atoms with Gasteiger partial charge in [0.1, 0.15) is 0 Å². The predicted molar refractivity (Wildman–Crippen MR) is 95.6 cm³/mol. The number of hydrogen-bond acceptors (Lipinski definition) is 1. The normalized spacial score (nSPS) is 14.1. The van der Waals surface area contributed by atoms with E-state index in [1.807, 2.05) is 0 Å². The molecule has 0 saturated heterocycles. The van der Waals surface area contributed by atoms with Crippen LogP contribution in [0.25, 0.3) is 0 Å². The molecule has 0 amide bonds. The summed E-state index contributed by atoms with van der Waals surface area (Å²) in [4.78, 5) is 0. The minimum atomic E-state index is -1.61. The molecule has 0 aromatic heterocycles. The Kier molecular flexibility index (Phi) is 5.67. The van der Waals surface area contributed by atoms with Gasteiger partial charge in [-0.25, -0.2) is 0 Å². The van der Waals surface area contributed by atoms with Crippen LogP contribution in [0.1, 0.15) is 54.9 Å². The lowest BCUT2D eigenvalue weighted by Gasteiger charge is -2.38. The number of rotatable bonds is 3. The number of hydrogen-bond donors (Lipinski definition) is 0. The minimum Gasteiger partial charge on any atom is -0.283 e. The van der Waals surface area contributed by atoms with Gasteiger partial charge in [-0.3, -0.25) is 4.66 Å². The first-order valence-corrected chi connectivity index (χ1v) is 13.5. The SMILES string of the molecule is CCC(=C=N[Si](C)(C)C(C)(C)C)[Si](C)(C)C(C)(C)C. The van der Waals surface area contributed by atoms with Crippen LogP contribution in [-0.4, -0.2) is 22.2 Å². The van der Waals surface area contributed by atoms with Crippen molar-refractivity contribution in [1.82, 2.24) is 0 Å². The molecular weight excluding hydrogens is 262 g/mol. The lowest BCUT2D eigenvalue weighted by molar-refractivity contribution is 0.718. The van der Waals surface area contributed by atoms with Gasteiger partial charge < -0.3 is 0 Å². The molecule has 0 aliphatic carbocycles. The van der Waals surface area contributed by atoms with Crippen molar-refractivity contribution in [2.75, 3.05) is 0 Å². The quantitative estimate of drug-likeness (QED) is 0.444. The van der Waals surface area contributed by atoms with E-state index >= 15 is 0 Å². The van der Waals surface area contributed by atoms with Crippen LogP contribution < -0.4 is 0 Å². The fourth-order valence-electron chi connectivity index (χ4n) is 1.49. The van der Waals surface area contributed by atoms with Crippen molar-refractivity contribution < 1.29 is 0 Å². The molecule has 0 radical (unpaired) electrons. The number of nitrogens with zero attached hydrogens (tertiary/aromatic N) is 1. The molecule has 112 valence electrons. The Morgan fingerprint density at radius 1 is 0.895 bits per heavy atom. The second-order valence-corrected chi connectivity index (χ2v) is 18.9. The molecule has 0 heterocycles. The molecular formula is C16H35NSi2. The zero-order valence-corrected chi connectivity index (χ0v) is 17.2. The summed E-state index contributed by atoms with van der Waals surface area (Å²) in [6, 6.07) is 0. The van der Waals surface area contributed by atoms with E-state index in [9.17, 15) is 0 Å². The van der Waals surface area contributed by atoms with E-state index in [0.717, 1.165) is 6.42 Å². The maximum Gasteiger partial charge on any atom is 0.192 e. The summed E-state index contributed by atoms with van der Waals surface area (Å²) >= 11 is 0. The maximum atomic E-state index is 4.96. The van der Waals surface area contributed by atoms with E-state index in [-0.39, 0.29) is 0 Å². The van der Waals surface area contributed by atoms with Crippen LogP contribution in [0.2, 0.25) is 36.3 Å². The topological polar surface area (TPSA) is 12.4 Å². The van der Waals surface area contributed by atoms with E-state index in [1.54, 1.807) is 0 Å². The Hall–Kier alpha value is -0.116. The van der Waals surface area contributed by atoms with Crippen molar-refractivity contribution >= 4 is 22.2 Å². The van der Waals surface area contributed by atoms with Gasteiger partial charge >= 0.3 is 0 Å². The summed E-state index contributed by atoms with van der Waals surface area (Å²) in [6.07, 6.45) is 1.09. The summed E-state index contributed by atoms with van der Waals surface area (Å²) in [5.41, 5.74) is 0. The Morgan fingerprint density at radius 2 is 1.32 bits per heavy atom. The van der Waals surface area contributed by atoms with E-state index in [0.29, 0.717) is 10.1 Å². The number of allylic oxidation sites excluding steroid dienone is 1. The monoisotopic (exact) mass is 297 g/mol. The molecule has 1 nitrogen and oxygen atoms in total. The van der Waals surface area contributed by atoms with Crippen molar-refractivity contribution in [1.29, 1.82) is 0 Å². The highest BCUT2D eigenvalue weighted by Crippen LogP contribution is 2.41. The van der Waals surface area contributed by atoms with E-state index < -0.39 is 16.3 Å². The third-order valence-corrected chi connectivity index (χ3v) is 15.4. The molecule has 0 aliphatic rings. The van der Waals surface area contributed by atoms with Gasteiger partial charge in [0.15, 0.2) is 8.24 Å². The maximum absolute atomic E-state index is 4.96. The van der Waals surface area contributed by atoms with Gasteiger partial charge in [0, 0.05) is 0 Å². The Morgan fingerprint density at radius 3 is 1.58 bits per heavy atom. The van der Waals surface area contributed by atoms with Crippen molar-refractivity contribution in [2.24, 2.45) is 4.66 Å². The highest BCUT2D eigenvalue weighted by atomic mass is 28.3. The molecule has 0 spiro atoms. The minimum absolute atomic E-state index is 0.298. The molecule has 0 aromatic carbocycles.